The molecule has 0 saturated heterocycles. The summed E-state index contributed by atoms with van der Waals surface area (Å²) in [6.45, 7) is 0. The second kappa shape index (κ2) is 5.63. The highest BCUT2D eigenvalue weighted by atomic mass is 16.5. The van der Waals surface area contributed by atoms with Gasteiger partial charge >= 0.3 is 11.9 Å². The van der Waals surface area contributed by atoms with Crippen LogP contribution in [0.15, 0.2) is 12.1 Å². The van der Waals surface area contributed by atoms with Gasteiger partial charge in [0.15, 0.2) is 11.5 Å². The molecule has 21 heavy (non-hydrogen) atoms. The van der Waals surface area contributed by atoms with Crippen LogP contribution in [0, 0.1) is 0 Å². The number of carbonyl (C=O) groups is 2. The number of hydrogen-bond acceptors (Lipinski definition) is 4. The maximum atomic E-state index is 11.8. The molecule has 2 rings (SSSR count). The molecule has 114 valence electrons. The van der Waals surface area contributed by atoms with Gasteiger partial charge in [0, 0.05) is 5.56 Å². The molecule has 1 aromatic carbocycles. The molecule has 6 nitrogen and oxygen atoms in total. The van der Waals surface area contributed by atoms with Crippen LogP contribution in [0.4, 0.5) is 0 Å². The van der Waals surface area contributed by atoms with Crippen LogP contribution in [-0.2, 0) is 10.2 Å². The fraction of sp³-hybridized carbons (Fsp3) is 0.467. The van der Waals surface area contributed by atoms with Crippen molar-refractivity contribution in [2.45, 2.75) is 31.1 Å². The summed E-state index contributed by atoms with van der Waals surface area (Å²) in [7, 11) is 2.82. The van der Waals surface area contributed by atoms with Gasteiger partial charge in [-0.15, -0.1) is 0 Å². The summed E-state index contributed by atoms with van der Waals surface area (Å²) >= 11 is 0. The summed E-state index contributed by atoms with van der Waals surface area (Å²) in [5, 5.41) is 18.9. The Kier molecular flexibility index (Phi) is 4.06. The molecule has 6 heteroatoms. The molecule has 1 aliphatic rings. The molecule has 1 aliphatic carbocycles. The molecular weight excluding hydrogens is 276 g/mol. The Morgan fingerprint density at radius 3 is 2.14 bits per heavy atom. The van der Waals surface area contributed by atoms with Crippen molar-refractivity contribution in [3.63, 3.8) is 0 Å². The van der Waals surface area contributed by atoms with E-state index >= 15 is 0 Å². The number of rotatable bonds is 5. The smallest absolute Gasteiger partial charge is 0.335 e. The summed E-state index contributed by atoms with van der Waals surface area (Å²) in [6.07, 6.45) is 2.50. The van der Waals surface area contributed by atoms with E-state index in [0.29, 0.717) is 24.2 Å². The zero-order chi connectivity index (χ0) is 15.6. The first-order chi connectivity index (χ1) is 9.96. The Bertz CT molecular complexity index is 572. The van der Waals surface area contributed by atoms with Crippen molar-refractivity contribution in [1.29, 1.82) is 0 Å². The maximum Gasteiger partial charge on any atom is 0.335 e. The zero-order valence-corrected chi connectivity index (χ0v) is 12.0. The van der Waals surface area contributed by atoms with E-state index in [-0.39, 0.29) is 11.3 Å². The maximum absolute atomic E-state index is 11.8. The molecule has 2 N–H and O–H groups in total. The SMILES string of the molecule is COc1cc(C(=O)O)cc(C2(C(=O)O)CCCC2)c1OC. The third kappa shape index (κ3) is 2.41. The summed E-state index contributed by atoms with van der Waals surface area (Å²) in [5.74, 6) is -1.55. The first-order valence-electron chi connectivity index (χ1n) is 6.69. The molecule has 0 bridgehead atoms. The van der Waals surface area contributed by atoms with Crippen molar-refractivity contribution in [2.24, 2.45) is 0 Å². The van der Waals surface area contributed by atoms with Crippen molar-refractivity contribution in [3.8, 4) is 11.5 Å². The minimum absolute atomic E-state index is 0.00447. The van der Waals surface area contributed by atoms with Gasteiger partial charge in [0.05, 0.1) is 25.2 Å². The Morgan fingerprint density at radius 1 is 1.10 bits per heavy atom. The third-order valence-electron chi connectivity index (χ3n) is 4.11. The second-order valence-electron chi connectivity index (χ2n) is 5.16. The van der Waals surface area contributed by atoms with Crippen molar-refractivity contribution >= 4 is 11.9 Å². The van der Waals surface area contributed by atoms with Crippen LogP contribution in [0.1, 0.15) is 41.6 Å². The first-order valence-corrected chi connectivity index (χ1v) is 6.69. The summed E-state index contributed by atoms with van der Waals surface area (Å²) in [4.78, 5) is 23.1. The molecular formula is C15H18O6. The first kappa shape index (κ1) is 15.2. The molecule has 0 aliphatic heterocycles. The van der Waals surface area contributed by atoms with Crippen molar-refractivity contribution < 1.29 is 29.3 Å². The van der Waals surface area contributed by atoms with E-state index in [1.807, 2.05) is 0 Å². The lowest BCUT2D eigenvalue weighted by Gasteiger charge is -2.27. The van der Waals surface area contributed by atoms with Gasteiger partial charge in [-0.25, -0.2) is 4.79 Å². The van der Waals surface area contributed by atoms with E-state index in [9.17, 15) is 19.8 Å². The van der Waals surface area contributed by atoms with Gasteiger partial charge in [0.25, 0.3) is 0 Å². The minimum atomic E-state index is -1.13. The van der Waals surface area contributed by atoms with Gasteiger partial charge in [-0.1, -0.05) is 12.8 Å². The van der Waals surface area contributed by atoms with Crippen LogP contribution in [0.2, 0.25) is 0 Å². The van der Waals surface area contributed by atoms with Gasteiger partial charge in [-0.2, -0.15) is 0 Å². The molecule has 0 heterocycles. The molecule has 0 amide bonds. The number of aliphatic carboxylic acids is 1. The largest absolute Gasteiger partial charge is 0.493 e. The zero-order valence-electron chi connectivity index (χ0n) is 12.0. The third-order valence-corrected chi connectivity index (χ3v) is 4.11. The van der Waals surface area contributed by atoms with Crippen LogP contribution in [0.3, 0.4) is 0 Å². The Labute approximate surface area is 122 Å². The number of methoxy groups -OCH3 is 2. The molecule has 0 unspecified atom stereocenters. The normalized spacial score (nSPS) is 16.5. The number of benzene rings is 1. The van der Waals surface area contributed by atoms with E-state index in [0.717, 1.165) is 12.8 Å². The Hall–Kier alpha value is -2.24. The lowest BCUT2D eigenvalue weighted by atomic mass is 9.77. The number of carboxylic acid groups (broad SMARTS) is 2. The molecule has 1 aromatic rings. The highest BCUT2D eigenvalue weighted by Crippen LogP contribution is 2.48. The van der Waals surface area contributed by atoms with Crippen molar-refractivity contribution in [3.05, 3.63) is 23.3 Å². The number of carboxylic acids is 2. The van der Waals surface area contributed by atoms with E-state index in [2.05, 4.69) is 0 Å². The molecule has 0 atom stereocenters. The van der Waals surface area contributed by atoms with Crippen LogP contribution in [0.25, 0.3) is 0 Å². The second-order valence-corrected chi connectivity index (χ2v) is 5.16. The minimum Gasteiger partial charge on any atom is -0.493 e. The van der Waals surface area contributed by atoms with E-state index in [1.54, 1.807) is 0 Å². The van der Waals surface area contributed by atoms with Crippen LogP contribution in [-0.4, -0.2) is 36.4 Å². The average molecular weight is 294 g/mol. The summed E-state index contributed by atoms with van der Waals surface area (Å²) < 4.78 is 10.5. The topological polar surface area (TPSA) is 93.1 Å². The highest BCUT2D eigenvalue weighted by molar-refractivity contribution is 5.91. The fourth-order valence-electron chi connectivity index (χ4n) is 3.02. The predicted octanol–water partition coefficient (Wildman–Crippen LogP) is 2.30. The quantitative estimate of drug-likeness (QED) is 0.865. The van der Waals surface area contributed by atoms with Crippen molar-refractivity contribution in [1.82, 2.24) is 0 Å². The number of hydrogen-bond donors (Lipinski definition) is 2. The van der Waals surface area contributed by atoms with Crippen LogP contribution >= 0.6 is 0 Å². The highest BCUT2D eigenvalue weighted by Gasteiger charge is 2.46. The van der Waals surface area contributed by atoms with E-state index in [1.165, 1.54) is 26.4 Å². The lowest BCUT2D eigenvalue weighted by Crippen LogP contribution is -2.33. The van der Waals surface area contributed by atoms with Gasteiger partial charge in [0.2, 0.25) is 0 Å². The molecule has 1 saturated carbocycles. The number of aromatic carboxylic acids is 1. The van der Waals surface area contributed by atoms with Crippen molar-refractivity contribution in [2.75, 3.05) is 14.2 Å². The van der Waals surface area contributed by atoms with Gasteiger partial charge < -0.3 is 19.7 Å². The summed E-state index contributed by atoms with van der Waals surface area (Å²) in [6, 6.07) is 2.73. The Morgan fingerprint density at radius 2 is 1.71 bits per heavy atom. The van der Waals surface area contributed by atoms with Gasteiger partial charge in [-0.3, -0.25) is 4.79 Å². The van der Waals surface area contributed by atoms with E-state index in [4.69, 9.17) is 9.47 Å². The number of ether oxygens (including phenoxy) is 2. The summed E-state index contributed by atoms with van der Waals surface area (Å²) in [5.41, 5.74) is -0.730. The average Bonchev–Trinajstić information content (AvgIpc) is 2.96. The van der Waals surface area contributed by atoms with Crippen LogP contribution < -0.4 is 9.47 Å². The van der Waals surface area contributed by atoms with Crippen LogP contribution in [0.5, 0.6) is 11.5 Å². The fourth-order valence-corrected chi connectivity index (χ4v) is 3.02. The molecule has 0 spiro atoms. The molecule has 1 fully saturated rings. The predicted molar refractivity (Wildman–Crippen MR) is 74.3 cm³/mol. The Balaban J connectivity index is 2.73. The van der Waals surface area contributed by atoms with E-state index < -0.39 is 17.4 Å². The standard InChI is InChI=1S/C15H18O6/c1-20-11-8-9(13(16)17)7-10(12(11)21-2)15(14(18)19)5-3-4-6-15/h7-8H,3-6H2,1-2H3,(H,16,17)(H,18,19). The molecule has 0 aromatic heterocycles. The van der Waals surface area contributed by atoms with Gasteiger partial charge in [0.1, 0.15) is 0 Å². The lowest BCUT2D eigenvalue weighted by molar-refractivity contribution is -0.143. The monoisotopic (exact) mass is 294 g/mol. The molecule has 0 radical (unpaired) electrons. The van der Waals surface area contributed by atoms with Gasteiger partial charge in [-0.05, 0) is 25.0 Å².